The summed E-state index contributed by atoms with van der Waals surface area (Å²) in [5.41, 5.74) is 0.866. The normalized spacial score (nSPS) is 10.2. The van der Waals surface area contributed by atoms with Crippen molar-refractivity contribution in [3.63, 3.8) is 0 Å². The highest BCUT2D eigenvalue weighted by atomic mass is 16.5. The molecule has 0 aliphatic carbocycles. The van der Waals surface area contributed by atoms with Crippen molar-refractivity contribution in [2.24, 2.45) is 0 Å². The molecule has 4 aromatic rings. The molecule has 0 unspecified atom stereocenters. The Balaban J connectivity index is 1.26. The highest BCUT2D eigenvalue weighted by molar-refractivity contribution is 5.77. The van der Waals surface area contributed by atoms with Gasteiger partial charge in [-0.25, -0.2) is 9.97 Å². The van der Waals surface area contributed by atoms with E-state index in [0.717, 1.165) is 5.56 Å². The molecule has 0 radical (unpaired) electrons. The van der Waals surface area contributed by atoms with Crippen LogP contribution in [0.4, 0.5) is 0 Å². The first kappa shape index (κ1) is 20.9. The molecule has 160 valence electrons. The van der Waals surface area contributed by atoms with Gasteiger partial charge < -0.3 is 19.5 Å². The maximum absolute atomic E-state index is 12.2. The Morgan fingerprint density at radius 3 is 2.31 bits per heavy atom. The molecule has 2 aromatic heterocycles. The first-order valence-corrected chi connectivity index (χ1v) is 10.0. The van der Waals surface area contributed by atoms with E-state index in [9.17, 15) is 4.79 Å². The zero-order valence-electron chi connectivity index (χ0n) is 17.2. The fraction of sp³-hybridized carbons (Fsp3) is 0.0800. The molecule has 2 aromatic carbocycles. The van der Waals surface area contributed by atoms with Crippen LogP contribution in [-0.2, 0) is 11.3 Å². The molecule has 1 N–H and O–H groups in total. The molecule has 0 saturated carbocycles. The van der Waals surface area contributed by atoms with E-state index in [1.165, 1.54) is 0 Å². The highest BCUT2D eigenvalue weighted by Gasteiger charge is 2.06. The number of nitrogens with one attached hydrogen (secondary N) is 1. The van der Waals surface area contributed by atoms with Crippen LogP contribution in [0.5, 0.6) is 29.0 Å². The monoisotopic (exact) mass is 427 g/mol. The van der Waals surface area contributed by atoms with Gasteiger partial charge in [-0.1, -0.05) is 30.3 Å². The molecule has 2 heterocycles. The van der Waals surface area contributed by atoms with Gasteiger partial charge in [0, 0.05) is 37.1 Å². The quantitative estimate of drug-likeness (QED) is 0.415. The molecular weight excluding hydrogens is 406 g/mol. The van der Waals surface area contributed by atoms with Gasteiger partial charge in [0.2, 0.25) is 11.8 Å². The van der Waals surface area contributed by atoms with Crippen LogP contribution < -0.4 is 19.5 Å². The Morgan fingerprint density at radius 1 is 0.719 bits per heavy atom. The Morgan fingerprint density at radius 2 is 1.47 bits per heavy atom. The second kappa shape index (κ2) is 10.6. The predicted molar refractivity (Wildman–Crippen MR) is 119 cm³/mol. The summed E-state index contributed by atoms with van der Waals surface area (Å²) in [6.07, 6.45) is 3.29. The average molecular weight is 427 g/mol. The minimum absolute atomic E-state index is 0.120. The first-order valence-electron chi connectivity index (χ1n) is 10.0. The maximum atomic E-state index is 12.2. The average Bonchev–Trinajstić information content (AvgIpc) is 2.83. The Bertz CT molecular complexity index is 1060. The second-order valence-corrected chi connectivity index (χ2v) is 6.73. The molecule has 0 fully saturated rings. The predicted octanol–water partition coefficient (Wildman–Crippen LogP) is 4.76. The summed E-state index contributed by atoms with van der Waals surface area (Å²) in [6.45, 7) is 0.212. The first-order chi connectivity index (χ1) is 15.7. The highest BCUT2D eigenvalue weighted by Crippen LogP contribution is 2.24. The van der Waals surface area contributed by atoms with Crippen molar-refractivity contribution in [3.8, 4) is 29.0 Å². The van der Waals surface area contributed by atoms with Gasteiger partial charge >= 0.3 is 0 Å². The van der Waals surface area contributed by atoms with Gasteiger partial charge in [0.1, 0.15) is 17.2 Å². The number of pyridine rings is 2. The smallest absolute Gasteiger partial charge is 0.258 e. The van der Waals surface area contributed by atoms with Crippen LogP contribution >= 0.6 is 0 Å². The maximum Gasteiger partial charge on any atom is 0.258 e. The van der Waals surface area contributed by atoms with Crippen molar-refractivity contribution < 1.29 is 19.0 Å². The van der Waals surface area contributed by atoms with Crippen LogP contribution in [-0.4, -0.2) is 22.5 Å². The number of aromatic nitrogens is 2. The van der Waals surface area contributed by atoms with E-state index in [1.807, 2.05) is 48.5 Å². The third-order valence-electron chi connectivity index (χ3n) is 4.29. The molecule has 7 nitrogen and oxygen atoms in total. The summed E-state index contributed by atoms with van der Waals surface area (Å²) in [6, 6.07) is 25.5. The third-order valence-corrected chi connectivity index (χ3v) is 4.29. The molecular formula is C25H21N3O4. The lowest BCUT2D eigenvalue weighted by atomic mass is 10.2. The standard InChI is InChI=1S/C25H21N3O4/c29-23(18-30-21-9-6-10-22(16-21)32-24-11-4-5-13-26-24)28-17-19-12-14-27-25(15-19)31-20-7-2-1-3-8-20/h1-16H,17-18H2,(H,28,29). The van der Waals surface area contributed by atoms with Crippen molar-refractivity contribution in [2.45, 2.75) is 6.54 Å². The van der Waals surface area contributed by atoms with E-state index in [-0.39, 0.29) is 12.5 Å². The minimum atomic E-state index is -0.247. The van der Waals surface area contributed by atoms with E-state index in [0.29, 0.717) is 35.6 Å². The number of nitrogens with zero attached hydrogens (tertiary/aromatic N) is 2. The van der Waals surface area contributed by atoms with Crippen LogP contribution in [0.2, 0.25) is 0 Å². The summed E-state index contributed by atoms with van der Waals surface area (Å²) in [5, 5.41) is 2.83. The minimum Gasteiger partial charge on any atom is -0.484 e. The van der Waals surface area contributed by atoms with Crippen LogP contribution in [0.15, 0.2) is 97.3 Å². The zero-order chi connectivity index (χ0) is 22.0. The largest absolute Gasteiger partial charge is 0.484 e. The molecule has 4 rings (SSSR count). The van der Waals surface area contributed by atoms with Gasteiger partial charge in [-0.05, 0) is 42.0 Å². The molecule has 0 saturated heterocycles. The van der Waals surface area contributed by atoms with Crippen molar-refractivity contribution in [1.82, 2.24) is 15.3 Å². The third kappa shape index (κ3) is 6.30. The fourth-order valence-electron chi connectivity index (χ4n) is 2.78. The number of ether oxygens (including phenoxy) is 3. The molecule has 7 heteroatoms. The molecule has 32 heavy (non-hydrogen) atoms. The molecule has 0 spiro atoms. The summed E-state index contributed by atoms with van der Waals surface area (Å²) in [5.74, 6) is 2.49. The summed E-state index contributed by atoms with van der Waals surface area (Å²) >= 11 is 0. The Hall–Kier alpha value is -4.39. The Kier molecular flexibility index (Phi) is 6.90. The van der Waals surface area contributed by atoms with Gasteiger partial charge in [0.15, 0.2) is 6.61 Å². The van der Waals surface area contributed by atoms with Crippen LogP contribution in [0.3, 0.4) is 0 Å². The van der Waals surface area contributed by atoms with Gasteiger partial charge in [0.05, 0.1) is 0 Å². The van der Waals surface area contributed by atoms with Gasteiger partial charge in [0.25, 0.3) is 5.91 Å². The second-order valence-electron chi connectivity index (χ2n) is 6.73. The van der Waals surface area contributed by atoms with Gasteiger partial charge in [-0.3, -0.25) is 4.79 Å². The lowest BCUT2D eigenvalue weighted by Gasteiger charge is -2.10. The van der Waals surface area contributed by atoms with Crippen LogP contribution in [0, 0.1) is 0 Å². The van der Waals surface area contributed by atoms with Gasteiger partial charge in [-0.15, -0.1) is 0 Å². The number of amides is 1. The van der Waals surface area contributed by atoms with Crippen LogP contribution in [0.25, 0.3) is 0 Å². The van der Waals surface area contributed by atoms with Gasteiger partial charge in [-0.2, -0.15) is 0 Å². The summed E-state index contributed by atoms with van der Waals surface area (Å²) in [4.78, 5) is 20.5. The molecule has 0 aliphatic rings. The number of para-hydroxylation sites is 1. The molecule has 0 bridgehead atoms. The van der Waals surface area contributed by atoms with Crippen molar-refractivity contribution in [3.05, 3.63) is 103 Å². The summed E-state index contributed by atoms with van der Waals surface area (Å²) < 4.78 is 17.0. The number of hydrogen-bond donors (Lipinski definition) is 1. The Labute approximate surface area is 185 Å². The van der Waals surface area contributed by atoms with E-state index in [1.54, 1.807) is 48.8 Å². The number of carbonyl (C=O) groups excluding carboxylic acids is 1. The zero-order valence-corrected chi connectivity index (χ0v) is 17.2. The lowest BCUT2D eigenvalue weighted by molar-refractivity contribution is -0.123. The molecule has 1 amide bonds. The van der Waals surface area contributed by atoms with Crippen molar-refractivity contribution >= 4 is 5.91 Å². The number of carbonyl (C=O) groups is 1. The fourth-order valence-corrected chi connectivity index (χ4v) is 2.78. The SMILES string of the molecule is O=C(COc1cccc(Oc2ccccn2)c1)NCc1ccnc(Oc2ccccc2)c1. The number of benzene rings is 2. The number of hydrogen-bond acceptors (Lipinski definition) is 6. The van der Waals surface area contributed by atoms with Crippen LogP contribution in [0.1, 0.15) is 5.56 Å². The van der Waals surface area contributed by atoms with Crippen molar-refractivity contribution in [1.29, 1.82) is 0 Å². The van der Waals surface area contributed by atoms with E-state index < -0.39 is 0 Å². The van der Waals surface area contributed by atoms with E-state index in [4.69, 9.17) is 14.2 Å². The molecule has 0 aliphatic heterocycles. The lowest BCUT2D eigenvalue weighted by Crippen LogP contribution is -2.28. The molecule has 0 atom stereocenters. The number of rotatable bonds is 9. The van der Waals surface area contributed by atoms with Crippen molar-refractivity contribution in [2.75, 3.05) is 6.61 Å². The van der Waals surface area contributed by atoms with E-state index >= 15 is 0 Å². The van der Waals surface area contributed by atoms with E-state index in [2.05, 4.69) is 15.3 Å². The topological polar surface area (TPSA) is 82.6 Å². The summed E-state index contributed by atoms with van der Waals surface area (Å²) in [7, 11) is 0.